The van der Waals surface area contributed by atoms with Gasteiger partial charge in [-0.25, -0.2) is 0 Å². The summed E-state index contributed by atoms with van der Waals surface area (Å²) in [6, 6.07) is 0. The Morgan fingerprint density at radius 2 is 2.00 bits per heavy atom. The van der Waals surface area contributed by atoms with Gasteiger partial charge in [0.1, 0.15) is 0 Å². The summed E-state index contributed by atoms with van der Waals surface area (Å²) in [5.41, 5.74) is 0.218. The van der Waals surface area contributed by atoms with Gasteiger partial charge in [0.25, 0.3) is 0 Å². The van der Waals surface area contributed by atoms with Gasteiger partial charge in [0.15, 0.2) is 0 Å². The number of carboxylic acid groups (broad SMARTS) is 1. The number of amides is 1. The average Bonchev–Trinajstić information content (AvgIpc) is 2.64. The number of carbonyl (C=O) groups excluding carboxylic acids is 1. The molecule has 19 heavy (non-hydrogen) atoms. The van der Waals surface area contributed by atoms with Crippen LogP contribution in [0.3, 0.4) is 0 Å². The predicted octanol–water partition coefficient (Wildman–Crippen LogP) is 1.37. The van der Waals surface area contributed by atoms with Gasteiger partial charge in [0.05, 0.1) is 12.5 Å². The van der Waals surface area contributed by atoms with Gasteiger partial charge in [-0.2, -0.15) is 0 Å². The highest BCUT2D eigenvalue weighted by Gasteiger charge is 2.28. The smallest absolute Gasteiger partial charge is 0.307 e. The summed E-state index contributed by atoms with van der Waals surface area (Å²) >= 11 is 0. The van der Waals surface area contributed by atoms with Crippen molar-refractivity contribution in [2.24, 2.45) is 11.3 Å². The van der Waals surface area contributed by atoms with Crippen molar-refractivity contribution in [2.45, 2.75) is 33.6 Å². The van der Waals surface area contributed by atoms with Crippen LogP contribution in [0.5, 0.6) is 0 Å². The summed E-state index contributed by atoms with van der Waals surface area (Å²) in [6.45, 7) is 8.59. The molecule has 1 amide bonds. The maximum absolute atomic E-state index is 11.7. The van der Waals surface area contributed by atoms with Gasteiger partial charge in [-0.05, 0) is 24.8 Å². The minimum Gasteiger partial charge on any atom is -0.481 e. The van der Waals surface area contributed by atoms with Crippen LogP contribution in [0.15, 0.2) is 0 Å². The molecule has 1 unspecified atom stereocenters. The van der Waals surface area contributed by atoms with Crippen LogP contribution in [0.25, 0.3) is 0 Å². The molecule has 1 aliphatic rings. The highest BCUT2D eigenvalue weighted by Crippen LogP contribution is 2.17. The predicted molar refractivity (Wildman–Crippen MR) is 76.5 cm³/mol. The number of hydrogen-bond acceptors (Lipinski definition) is 3. The first kappa shape index (κ1) is 18.2. The minimum absolute atomic E-state index is 0. The maximum Gasteiger partial charge on any atom is 0.307 e. The zero-order chi connectivity index (χ0) is 13.8. The van der Waals surface area contributed by atoms with E-state index in [2.05, 4.69) is 26.1 Å². The van der Waals surface area contributed by atoms with Gasteiger partial charge in [-0.1, -0.05) is 20.8 Å². The molecule has 6 heteroatoms. The van der Waals surface area contributed by atoms with Gasteiger partial charge in [0, 0.05) is 13.1 Å². The molecule has 1 atom stereocenters. The van der Waals surface area contributed by atoms with E-state index in [9.17, 15) is 9.59 Å². The molecule has 0 aromatic carbocycles. The fourth-order valence-corrected chi connectivity index (χ4v) is 2.01. The number of halogens is 1. The lowest BCUT2D eigenvalue weighted by atomic mass is 9.92. The number of aliphatic carboxylic acids is 1. The van der Waals surface area contributed by atoms with Crippen LogP contribution in [-0.2, 0) is 9.59 Å². The Kier molecular flexibility index (Phi) is 7.37. The molecular formula is C13H25ClN2O3. The molecule has 0 radical (unpaired) electrons. The van der Waals surface area contributed by atoms with E-state index in [-0.39, 0.29) is 29.6 Å². The third kappa shape index (κ3) is 7.38. The third-order valence-corrected chi connectivity index (χ3v) is 3.19. The van der Waals surface area contributed by atoms with Gasteiger partial charge in [-0.15, -0.1) is 12.4 Å². The van der Waals surface area contributed by atoms with E-state index in [0.29, 0.717) is 32.6 Å². The standard InChI is InChI=1S/C13H24N2O3.ClH/c1-13(2,3)5-6-14-11(16)9-15-7-4-10(8-15)12(17)18;/h10H,4-9H2,1-3H3,(H,14,16)(H,17,18);1H. The Labute approximate surface area is 121 Å². The van der Waals surface area contributed by atoms with Crippen molar-refractivity contribution < 1.29 is 14.7 Å². The molecule has 1 heterocycles. The topological polar surface area (TPSA) is 69.6 Å². The number of nitrogens with one attached hydrogen (secondary N) is 1. The lowest BCUT2D eigenvalue weighted by Crippen LogP contribution is -2.37. The first-order valence-electron chi connectivity index (χ1n) is 6.50. The molecule has 1 fully saturated rings. The summed E-state index contributed by atoms with van der Waals surface area (Å²) in [4.78, 5) is 24.4. The van der Waals surface area contributed by atoms with Crippen molar-refractivity contribution in [1.82, 2.24) is 10.2 Å². The second-order valence-electron chi connectivity index (χ2n) is 6.22. The first-order valence-corrected chi connectivity index (χ1v) is 6.50. The largest absolute Gasteiger partial charge is 0.481 e. The number of hydrogen-bond donors (Lipinski definition) is 2. The van der Waals surface area contributed by atoms with Crippen LogP contribution in [0.2, 0.25) is 0 Å². The molecule has 0 aliphatic carbocycles. The Morgan fingerprint density at radius 1 is 1.37 bits per heavy atom. The van der Waals surface area contributed by atoms with Crippen molar-refractivity contribution in [3.05, 3.63) is 0 Å². The third-order valence-electron chi connectivity index (χ3n) is 3.19. The van der Waals surface area contributed by atoms with E-state index in [4.69, 9.17) is 5.11 Å². The molecule has 0 spiro atoms. The maximum atomic E-state index is 11.7. The molecule has 5 nitrogen and oxygen atoms in total. The normalized spacial score (nSPS) is 19.8. The molecular weight excluding hydrogens is 268 g/mol. The SMILES string of the molecule is CC(C)(C)CCNC(=O)CN1CCC(C(=O)O)C1.Cl. The zero-order valence-corrected chi connectivity index (χ0v) is 12.8. The summed E-state index contributed by atoms with van der Waals surface area (Å²) < 4.78 is 0. The van der Waals surface area contributed by atoms with Crippen molar-refractivity contribution in [1.29, 1.82) is 0 Å². The van der Waals surface area contributed by atoms with Gasteiger partial charge in [-0.3, -0.25) is 14.5 Å². The van der Waals surface area contributed by atoms with Gasteiger partial charge >= 0.3 is 5.97 Å². The Hall–Kier alpha value is -0.810. The summed E-state index contributed by atoms with van der Waals surface area (Å²) in [5, 5.41) is 11.8. The minimum atomic E-state index is -0.759. The lowest BCUT2D eigenvalue weighted by molar-refractivity contribution is -0.141. The van der Waals surface area contributed by atoms with Crippen LogP contribution >= 0.6 is 12.4 Å². The first-order chi connectivity index (χ1) is 8.28. The molecule has 0 aromatic rings. The summed E-state index contributed by atoms with van der Waals surface area (Å²) in [7, 11) is 0. The van der Waals surface area contributed by atoms with E-state index >= 15 is 0 Å². The number of likely N-dealkylation sites (tertiary alicyclic amines) is 1. The number of rotatable bonds is 5. The van der Waals surface area contributed by atoms with Crippen LogP contribution in [0, 0.1) is 11.3 Å². The van der Waals surface area contributed by atoms with Crippen LogP contribution in [0.1, 0.15) is 33.6 Å². The van der Waals surface area contributed by atoms with E-state index in [1.807, 2.05) is 4.90 Å². The van der Waals surface area contributed by atoms with Crippen LogP contribution < -0.4 is 5.32 Å². The molecule has 0 aromatic heterocycles. The molecule has 1 saturated heterocycles. The second-order valence-corrected chi connectivity index (χ2v) is 6.22. The number of carbonyl (C=O) groups is 2. The Morgan fingerprint density at radius 3 is 2.47 bits per heavy atom. The Bertz CT molecular complexity index is 316. The van der Waals surface area contributed by atoms with E-state index in [1.165, 1.54) is 0 Å². The van der Waals surface area contributed by atoms with Crippen molar-refractivity contribution in [3.8, 4) is 0 Å². The van der Waals surface area contributed by atoms with E-state index in [0.717, 1.165) is 6.42 Å². The monoisotopic (exact) mass is 292 g/mol. The van der Waals surface area contributed by atoms with E-state index in [1.54, 1.807) is 0 Å². The average molecular weight is 293 g/mol. The summed E-state index contributed by atoms with van der Waals surface area (Å²) in [5.74, 6) is -1.08. The summed E-state index contributed by atoms with van der Waals surface area (Å²) in [6.07, 6.45) is 1.58. The van der Waals surface area contributed by atoms with Crippen molar-refractivity contribution in [2.75, 3.05) is 26.2 Å². The lowest BCUT2D eigenvalue weighted by Gasteiger charge is -2.19. The molecule has 0 bridgehead atoms. The van der Waals surface area contributed by atoms with Crippen molar-refractivity contribution >= 4 is 24.3 Å². The van der Waals surface area contributed by atoms with Crippen LogP contribution in [0.4, 0.5) is 0 Å². The van der Waals surface area contributed by atoms with Gasteiger partial charge in [0.2, 0.25) is 5.91 Å². The van der Waals surface area contributed by atoms with E-state index < -0.39 is 5.97 Å². The fourth-order valence-electron chi connectivity index (χ4n) is 2.01. The zero-order valence-electron chi connectivity index (χ0n) is 11.9. The molecule has 0 saturated carbocycles. The van der Waals surface area contributed by atoms with Crippen molar-refractivity contribution in [3.63, 3.8) is 0 Å². The second kappa shape index (κ2) is 7.70. The molecule has 112 valence electrons. The molecule has 1 rings (SSSR count). The molecule has 2 N–H and O–H groups in total. The Balaban J connectivity index is 0.00000324. The quantitative estimate of drug-likeness (QED) is 0.803. The fraction of sp³-hybridized carbons (Fsp3) is 0.846. The molecule has 1 aliphatic heterocycles. The van der Waals surface area contributed by atoms with Gasteiger partial charge < -0.3 is 10.4 Å². The van der Waals surface area contributed by atoms with Crippen LogP contribution in [-0.4, -0.2) is 48.1 Å². The highest BCUT2D eigenvalue weighted by molar-refractivity contribution is 5.85. The highest BCUT2D eigenvalue weighted by atomic mass is 35.5. The number of carboxylic acids is 1. The number of nitrogens with zero attached hydrogens (tertiary/aromatic N) is 1.